The number of aryl methyl sites for hydroxylation is 2. The van der Waals surface area contributed by atoms with E-state index in [9.17, 15) is 9.59 Å². The maximum Gasteiger partial charge on any atom is 0.322 e. The summed E-state index contributed by atoms with van der Waals surface area (Å²) in [6.45, 7) is 14.2. The van der Waals surface area contributed by atoms with Crippen LogP contribution in [0.1, 0.15) is 91.3 Å². The summed E-state index contributed by atoms with van der Waals surface area (Å²) in [5.74, 6) is 1.61. The topological polar surface area (TPSA) is 100 Å². The third-order valence-electron chi connectivity index (χ3n) is 8.05. The van der Waals surface area contributed by atoms with Crippen LogP contribution >= 0.6 is 11.3 Å². The zero-order valence-electron chi connectivity index (χ0n) is 25.9. The van der Waals surface area contributed by atoms with E-state index in [2.05, 4.69) is 40.3 Å². The van der Waals surface area contributed by atoms with Gasteiger partial charge in [-0.05, 0) is 112 Å². The standard InChI is InChI=1S/C31H41N5O3S.C2H6/c1-20(2)18-36-14-12-22(13-15-36)28(17-29-34-35-31(38)40-29)33-30(37)23-8-10-25(11-9-23)39-19-24-16-21(3)32-27-7-5-4-6-26(24)27;1-2/h8-11,16,20,22,28H,4-7,12-15,17-19H2,1-3H3,(H,33,37)(H,35,38);1-2H3. The molecule has 0 bridgehead atoms. The van der Waals surface area contributed by atoms with Crippen molar-refractivity contribution in [3.63, 3.8) is 0 Å². The van der Waals surface area contributed by atoms with E-state index in [1.54, 1.807) is 0 Å². The first kappa shape index (κ1) is 31.9. The molecule has 8 nitrogen and oxygen atoms in total. The van der Waals surface area contributed by atoms with E-state index in [0.717, 1.165) is 73.1 Å². The molecule has 3 heterocycles. The summed E-state index contributed by atoms with van der Waals surface area (Å²) < 4.78 is 6.14. The van der Waals surface area contributed by atoms with Crippen LogP contribution in [0.3, 0.4) is 0 Å². The number of likely N-dealkylation sites (tertiary alicyclic amines) is 1. The number of fused-ring (bicyclic) bond motifs is 1. The molecule has 9 heteroatoms. The Kier molecular flexibility index (Phi) is 11.7. The molecule has 228 valence electrons. The number of pyridine rings is 1. The van der Waals surface area contributed by atoms with E-state index in [4.69, 9.17) is 9.72 Å². The normalized spacial score (nSPS) is 16.3. The first-order valence-corrected chi connectivity index (χ1v) is 16.4. The molecule has 0 spiro atoms. The summed E-state index contributed by atoms with van der Waals surface area (Å²) in [5.41, 5.74) is 5.41. The molecule has 1 aliphatic carbocycles. The molecule has 5 rings (SSSR count). The number of aromatic amines is 1. The van der Waals surface area contributed by atoms with Gasteiger partial charge in [0, 0.05) is 36.0 Å². The molecular formula is C33H47N5O3S. The molecular weight excluding hydrogens is 546 g/mol. The predicted octanol–water partition coefficient (Wildman–Crippen LogP) is 5.73. The molecule has 1 saturated heterocycles. The number of nitrogens with one attached hydrogen (secondary N) is 2. The molecule has 2 N–H and O–H groups in total. The van der Waals surface area contributed by atoms with Crippen LogP contribution in [-0.2, 0) is 25.9 Å². The maximum atomic E-state index is 13.3. The fraction of sp³-hybridized carbons (Fsp3) is 0.576. The summed E-state index contributed by atoms with van der Waals surface area (Å²) in [6.07, 6.45) is 7.10. The number of nitrogens with zero attached hydrogens (tertiary/aromatic N) is 3. The Bertz CT molecular complexity index is 1340. The van der Waals surface area contributed by atoms with Crippen LogP contribution in [0.15, 0.2) is 35.1 Å². The number of benzene rings is 1. The minimum absolute atomic E-state index is 0.0790. The van der Waals surface area contributed by atoms with Crippen molar-refractivity contribution in [3.8, 4) is 5.75 Å². The lowest BCUT2D eigenvalue weighted by Crippen LogP contribution is -2.47. The fourth-order valence-electron chi connectivity index (χ4n) is 6.11. The van der Waals surface area contributed by atoms with Crippen molar-refractivity contribution in [2.75, 3.05) is 19.6 Å². The number of aromatic nitrogens is 3. The van der Waals surface area contributed by atoms with Gasteiger partial charge in [0.1, 0.15) is 17.4 Å². The molecule has 42 heavy (non-hydrogen) atoms. The van der Waals surface area contributed by atoms with Gasteiger partial charge in [0.05, 0.1) is 0 Å². The second-order valence-corrected chi connectivity index (χ2v) is 12.7. The van der Waals surface area contributed by atoms with Crippen LogP contribution in [0, 0.1) is 18.8 Å². The molecule has 1 unspecified atom stereocenters. The molecule has 1 atom stereocenters. The van der Waals surface area contributed by atoms with Crippen LogP contribution < -0.4 is 14.9 Å². The molecule has 3 aromatic rings. The Hall–Kier alpha value is -3.04. The van der Waals surface area contributed by atoms with Gasteiger partial charge in [0.2, 0.25) is 0 Å². The van der Waals surface area contributed by atoms with E-state index in [0.29, 0.717) is 30.4 Å². The Morgan fingerprint density at radius 1 is 1.14 bits per heavy atom. The van der Waals surface area contributed by atoms with Crippen molar-refractivity contribution in [2.24, 2.45) is 11.8 Å². The predicted molar refractivity (Wildman–Crippen MR) is 169 cm³/mol. The summed E-state index contributed by atoms with van der Waals surface area (Å²) in [7, 11) is 0. The van der Waals surface area contributed by atoms with E-state index >= 15 is 0 Å². The molecule has 2 aliphatic rings. The van der Waals surface area contributed by atoms with Crippen molar-refractivity contribution in [1.29, 1.82) is 0 Å². The third-order valence-corrected chi connectivity index (χ3v) is 8.82. The van der Waals surface area contributed by atoms with Crippen LogP contribution in [0.25, 0.3) is 0 Å². The van der Waals surface area contributed by atoms with Gasteiger partial charge in [-0.15, -0.1) is 0 Å². The number of H-pyrrole nitrogens is 1. The summed E-state index contributed by atoms with van der Waals surface area (Å²) >= 11 is 1.12. The van der Waals surface area contributed by atoms with Gasteiger partial charge >= 0.3 is 4.87 Å². The number of carbonyl (C=O) groups is 1. The van der Waals surface area contributed by atoms with E-state index in [-0.39, 0.29) is 16.8 Å². The van der Waals surface area contributed by atoms with Crippen molar-refractivity contribution in [2.45, 2.75) is 92.2 Å². The number of amides is 1. The molecule has 0 saturated carbocycles. The number of piperidine rings is 1. The third kappa shape index (κ3) is 8.74. The Morgan fingerprint density at radius 2 is 1.86 bits per heavy atom. The molecule has 1 amide bonds. The van der Waals surface area contributed by atoms with E-state index in [1.807, 2.05) is 45.0 Å². The van der Waals surface area contributed by atoms with Gasteiger partial charge in [0.15, 0.2) is 0 Å². The van der Waals surface area contributed by atoms with Crippen molar-refractivity contribution in [1.82, 2.24) is 25.4 Å². The quantitative estimate of drug-likeness (QED) is 0.312. The number of carbonyl (C=O) groups excluding carboxylic acids is 1. The number of ether oxygens (including phenoxy) is 1. The number of hydrogen-bond donors (Lipinski definition) is 2. The highest BCUT2D eigenvalue weighted by molar-refractivity contribution is 7.08. The van der Waals surface area contributed by atoms with Gasteiger partial charge in [-0.2, -0.15) is 5.10 Å². The van der Waals surface area contributed by atoms with Crippen LogP contribution in [0.5, 0.6) is 5.75 Å². The Labute approximate surface area is 254 Å². The maximum absolute atomic E-state index is 13.3. The first-order valence-electron chi connectivity index (χ1n) is 15.6. The summed E-state index contributed by atoms with van der Waals surface area (Å²) in [5, 5.41) is 10.7. The highest BCUT2D eigenvalue weighted by Crippen LogP contribution is 2.26. The van der Waals surface area contributed by atoms with Crippen molar-refractivity contribution < 1.29 is 9.53 Å². The van der Waals surface area contributed by atoms with E-state index in [1.165, 1.54) is 29.7 Å². The minimum atomic E-state index is -0.162. The average Bonchev–Trinajstić information content (AvgIpc) is 3.41. The Morgan fingerprint density at radius 3 is 2.52 bits per heavy atom. The van der Waals surface area contributed by atoms with Gasteiger partial charge in [-0.25, -0.2) is 5.10 Å². The SMILES string of the molecule is CC.Cc1cc(COc2ccc(C(=O)NC(Cc3n[nH]c(=O)s3)C3CCN(CC(C)C)CC3)cc2)c2c(n1)CCCC2. The van der Waals surface area contributed by atoms with Crippen molar-refractivity contribution in [3.05, 3.63) is 73.1 Å². The van der Waals surface area contributed by atoms with Crippen LogP contribution in [0.2, 0.25) is 0 Å². The highest BCUT2D eigenvalue weighted by Gasteiger charge is 2.29. The fourth-order valence-corrected chi connectivity index (χ4v) is 6.77. The van der Waals surface area contributed by atoms with Crippen LogP contribution in [-0.4, -0.2) is 51.7 Å². The van der Waals surface area contributed by atoms with Gasteiger partial charge in [-0.1, -0.05) is 39.0 Å². The lowest BCUT2D eigenvalue weighted by atomic mass is 9.87. The first-order chi connectivity index (χ1) is 20.3. The van der Waals surface area contributed by atoms with Crippen LogP contribution in [0.4, 0.5) is 0 Å². The Balaban J connectivity index is 0.00000198. The minimum Gasteiger partial charge on any atom is -0.489 e. The molecule has 0 radical (unpaired) electrons. The second kappa shape index (κ2) is 15.4. The number of hydrogen-bond acceptors (Lipinski definition) is 7. The smallest absolute Gasteiger partial charge is 0.322 e. The molecule has 1 fully saturated rings. The largest absolute Gasteiger partial charge is 0.489 e. The second-order valence-electron chi connectivity index (χ2n) is 11.7. The van der Waals surface area contributed by atoms with Gasteiger partial charge < -0.3 is 15.0 Å². The monoisotopic (exact) mass is 593 g/mol. The zero-order valence-corrected chi connectivity index (χ0v) is 26.7. The molecule has 1 aromatic carbocycles. The van der Waals surface area contributed by atoms with Gasteiger partial charge in [0.25, 0.3) is 5.91 Å². The highest BCUT2D eigenvalue weighted by atomic mass is 32.1. The summed E-state index contributed by atoms with van der Waals surface area (Å²) in [6, 6.07) is 9.45. The number of rotatable bonds is 10. The molecule has 1 aliphatic heterocycles. The lowest BCUT2D eigenvalue weighted by molar-refractivity contribution is 0.0889. The zero-order chi connectivity index (χ0) is 30.1. The summed E-state index contributed by atoms with van der Waals surface area (Å²) in [4.78, 5) is 32.1. The average molecular weight is 594 g/mol. The molecule has 2 aromatic heterocycles. The van der Waals surface area contributed by atoms with Crippen molar-refractivity contribution >= 4 is 17.2 Å². The van der Waals surface area contributed by atoms with Gasteiger partial charge in [-0.3, -0.25) is 14.6 Å². The lowest BCUT2D eigenvalue weighted by Gasteiger charge is -2.37. The van der Waals surface area contributed by atoms with E-state index < -0.39 is 0 Å².